The number of amides is 1. The van der Waals surface area contributed by atoms with Crippen molar-refractivity contribution in [2.45, 2.75) is 51.1 Å². The van der Waals surface area contributed by atoms with E-state index in [1.54, 1.807) is 0 Å². The van der Waals surface area contributed by atoms with Crippen molar-refractivity contribution < 1.29 is 4.79 Å². The monoisotopic (exact) mass is 260 g/mol. The Labute approximate surface area is 115 Å². The summed E-state index contributed by atoms with van der Waals surface area (Å²) in [7, 11) is 0. The number of piperidine rings is 1. The number of hydrogen-bond donors (Lipinski definition) is 2. The van der Waals surface area contributed by atoms with E-state index in [4.69, 9.17) is 0 Å². The Morgan fingerprint density at radius 1 is 1.37 bits per heavy atom. The standard InChI is InChI=1S/C16H24N2O/c1-2-15(13-8-4-3-5-9-13)18-16(19)12-14-10-6-7-11-17-14/h3-5,8-9,14-15,17H,2,6-7,10-12H2,1H3,(H,18,19). The molecule has 1 aromatic carbocycles. The number of rotatable bonds is 5. The molecule has 2 N–H and O–H groups in total. The Balaban J connectivity index is 1.85. The van der Waals surface area contributed by atoms with E-state index >= 15 is 0 Å². The van der Waals surface area contributed by atoms with Crippen LogP contribution < -0.4 is 10.6 Å². The van der Waals surface area contributed by atoms with Crippen LogP contribution in [0.3, 0.4) is 0 Å². The van der Waals surface area contributed by atoms with Crippen LogP contribution in [0.4, 0.5) is 0 Å². The zero-order valence-corrected chi connectivity index (χ0v) is 11.7. The minimum Gasteiger partial charge on any atom is -0.349 e. The van der Waals surface area contributed by atoms with Crippen molar-refractivity contribution >= 4 is 5.91 Å². The van der Waals surface area contributed by atoms with Gasteiger partial charge in [0.05, 0.1) is 6.04 Å². The third-order valence-electron chi connectivity index (χ3n) is 3.79. The molecule has 1 aromatic rings. The molecule has 1 heterocycles. The average Bonchev–Trinajstić information content (AvgIpc) is 2.47. The lowest BCUT2D eigenvalue weighted by Gasteiger charge is -2.24. The third-order valence-corrected chi connectivity index (χ3v) is 3.79. The molecular formula is C16H24N2O. The highest BCUT2D eigenvalue weighted by Gasteiger charge is 2.18. The second kappa shape index (κ2) is 7.29. The zero-order valence-electron chi connectivity index (χ0n) is 11.7. The molecule has 19 heavy (non-hydrogen) atoms. The predicted octanol–water partition coefficient (Wildman–Crippen LogP) is 2.79. The smallest absolute Gasteiger partial charge is 0.222 e. The molecule has 1 aliphatic heterocycles. The maximum Gasteiger partial charge on any atom is 0.222 e. The molecule has 2 unspecified atom stereocenters. The van der Waals surface area contributed by atoms with Gasteiger partial charge < -0.3 is 10.6 Å². The molecule has 2 atom stereocenters. The molecule has 1 fully saturated rings. The second-order valence-corrected chi connectivity index (χ2v) is 5.29. The fraction of sp³-hybridized carbons (Fsp3) is 0.562. The van der Waals surface area contributed by atoms with E-state index < -0.39 is 0 Å². The van der Waals surface area contributed by atoms with Gasteiger partial charge in [-0.2, -0.15) is 0 Å². The Kier molecular flexibility index (Phi) is 5.40. The summed E-state index contributed by atoms with van der Waals surface area (Å²) in [4.78, 5) is 12.1. The first-order valence-corrected chi connectivity index (χ1v) is 7.37. The Hall–Kier alpha value is -1.35. The largest absolute Gasteiger partial charge is 0.349 e. The lowest BCUT2D eigenvalue weighted by molar-refractivity contribution is -0.122. The summed E-state index contributed by atoms with van der Waals surface area (Å²) in [5.74, 6) is 0.162. The van der Waals surface area contributed by atoms with Crippen molar-refractivity contribution in [3.63, 3.8) is 0 Å². The first-order chi connectivity index (χ1) is 9.29. The van der Waals surface area contributed by atoms with Crippen molar-refractivity contribution in [1.82, 2.24) is 10.6 Å². The van der Waals surface area contributed by atoms with E-state index in [2.05, 4.69) is 29.7 Å². The van der Waals surface area contributed by atoms with Gasteiger partial charge in [-0.05, 0) is 31.4 Å². The lowest BCUT2D eigenvalue weighted by atomic mass is 10.0. The van der Waals surface area contributed by atoms with Crippen molar-refractivity contribution in [3.05, 3.63) is 35.9 Å². The Bertz CT molecular complexity index is 385. The van der Waals surface area contributed by atoms with Gasteiger partial charge >= 0.3 is 0 Å². The number of hydrogen-bond acceptors (Lipinski definition) is 2. The lowest BCUT2D eigenvalue weighted by Crippen LogP contribution is -2.39. The van der Waals surface area contributed by atoms with Gasteiger partial charge in [0.1, 0.15) is 0 Å². The predicted molar refractivity (Wildman–Crippen MR) is 77.9 cm³/mol. The normalized spacial score (nSPS) is 20.8. The van der Waals surface area contributed by atoms with Gasteiger partial charge in [0.25, 0.3) is 0 Å². The molecule has 1 amide bonds. The fourth-order valence-electron chi connectivity index (χ4n) is 2.68. The van der Waals surface area contributed by atoms with E-state index in [0.717, 1.165) is 19.4 Å². The van der Waals surface area contributed by atoms with E-state index in [-0.39, 0.29) is 11.9 Å². The summed E-state index contributed by atoms with van der Waals surface area (Å²) >= 11 is 0. The first-order valence-electron chi connectivity index (χ1n) is 7.37. The maximum absolute atomic E-state index is 12.1. The molecule has 0 radical (unpaired) electrons. The highest BCUT2D eigenvalue weighted by atomic mass is 16.1. The van der Waals surface area contributed by atoms with E-state index in [1.165, 1.54) is 18.4 Å². The van der Waals surface area contributed by atoms with Crippen LogP contribution >= 0.6 is 0 Å². The molecule has 1 aliphatic rings. The molecule has 1 saturated heterocycles. The molecule has 0 aromatic heterocycles. The van der Waals surface area contributed by atoms with Crippen LogP contribution in [0.1, 0.15) is 50.6 Å². The summed E-state index contributed by atoms with van der Waals surface area (Å²) < 4.78 is 0. The zero-order chi connectivity index (χ0) is 13.5. The van der Waals surface area contributed by atoms with Gasteiger partial charge in [-0.25, -0.2) is 0 Å². The third kappa shape index (κ3) is 4.35. The van der Waals surface area contributed by atoms with Crippen molar-refractivity contribution in [2.24, 2.45) is 0 Å². The molecule has 3 nitrogen and oxygen atoms in total. The van der Waals surface area contributed by atoms with Crippen LogP contribution in [0, 0.1) is 0 Å². The van der Waals surface area contributed by atoms with E-state index in [0.29, 0.717) is 12.5 Å². The first kappa shape index (κ1) is 14.1. The van der Waals surface area contributed by atoms with Gasteiger partial charge in [-0.15, -0.1) is 0 Å². The summed E-state index contributed by atoms with van der Waals surface area (Å²) in [6.07, 6.45) is 5.12. The molecule has 3 heteroatoms. The SMILES string of the molecule is CCC(NC(=O)CC1CCCCN1)c1ccccc1. The molecule has 104 valence electrons. The summed E-state index contributed by atoms with van der Waals surface area (Å²) in [6, 6.07) is 10.7. The van der Waals surface area contributed by atoms with Gasteiger partial charge in [-0.1, -0.05) is 43.7 Å². The number of carbonyl (C=O) groups excluding carboxylic acids is 1. The van der Waals surface area contributed by atoms with Crippen LogP contribution in [0.2, 0.25) is 0 Å². The number of benzene rings is 1. The molecule has 0 saturated carbocycles. The van der Waals surface area contributed by atoms with Crippen LogP contribution in [0.25, 0.3) is 0 Å². The van der Waals surface area contributed by atoms with Crippen LogP contribution in [-0.2, 0) is 4.79 Å². The minimum atomic E-state index is 0.136. The summed E-state index contributed by atoms with van der Waals surface area (Å²) in [6.45, 7) is 3.16. The van der Waals surface area contributed by atoms with Crippen molar-refractivity contribution in [1.29, 1.82) is 0 Å². The molecule has 0 spiro atoms. The number of carbonyl (C=O) groups is 1. The average molecular weight is 260 g/mol. The summed E-state index contributed by atoms with van der Waals surface area (Å²) in [5.41, 5.74) is 1.19. The highest BCUT2D eigenvalue weighted by Crippen LogP contribution is 2.17. The van der Waals surface area contributed by atoms with E-state index in [1.807, 2.05) is 18.2 Å². The highest BCUT2D eigenvalue weighted by molar-refractivity contribution is 5.77. The van der Waals surface area contributed by atoms with Gasteiger partial charge in [0.2, 0.25) is 5.91 Å². The van der Waals surface area contributed by atoms with E-state index in [9.17, 15) is 4.79 Å². The van der Waals surface area contributed by atoms with Crippen LogP contribution in [0.15, 0.2) is 30.3 Å². The number of nitrogens with one attached hydrogen (secondary N) is 2. The van der Waals surface area contributed by atoms with Crippen LogP contribution in [0.5, 0.6) is 0 Å². The summed E-state index contributed by atoms with van der Waals surface area (Å²) in [5, 5.41) is 6.57. The molecule has 0 aliphatic carbocycles. The quantitative estimate of drug-likeness (QED) is 0.854. The molecule has 2 rings (SSSR count). The van der Waals surface area contributed by atoms with Gasteiger partial charge in [-0.3, -0.25) is 4.79 Å². The Morgan fingerprint density at radius 2 is 2.16 bits per heavy atom. The minimum absolute atomic E-state index is 0.136. The van der Waals surface area contributed by atoms with Gasteiger partial charge in [0, 0.05) is 12.5 Å². The fourth-order valence-corrected chi connectivity index (χ4v) is 2.68. The maximum atomic E-state index is 12.1. The van der Waals surface area contributed by atoms with Crippen molar-refractivity contribution in [3.8, 4) is 0 Å². The molecule has 0 bridgehead atoms. The molecular weight excluding hydrogens is 236 g/mol. The second-order valence-electron chi connectivity index (χ2n) is 5.29. The topological polar surface area (TPSA) is 41.1 Å². The van der Waals surface area contributed by atoms with Crippen LogP contribution in [-0.4, -0.2) is 18.5 Å². The van der Waals surface area contributed by atoms with Gasteiger partial charge in [0.15, 0.2) is 0 Å². The Morgan fingerprint density at radius 3 is 2.79 bits per heavy atom. The van der Waals surface area contributed by atoms with Crippen molar-refractivity contribution in [2.75, 3.05) is 6.54 Å².